The molecule has 0 spiro atoms. The summed E-state index contributed by atoms with van der Waals surface area (Å²) < 4.78 is 24.4. The normalized spacial score (nSPS) is 11.3. The molecule has 0 saturated heterocycles. The number of furan rings is 1. The van der Waals surface area contributed by atoms with E-state index >= 15 is 0 Å². The molecule has 2 amide bonds. The van der Waals surface area contributed by atoms with E-state index in [0.29, 0.717) is 28.0 Å². The monoisotopic (exact) mass is 493 g/mol. The Kier molecular flexibility index (Phi) is 6.79. The van der Waals surface area contributed by atoms with Gasteiger partial charge in [-0.15, -0.1) is 11.8 Å². The lowest BCUT2D eigenvalue weighted by atomic mass is 10.0. The fourth-order valence-corrected chi connectivity index (χ4v) is 3.70. The van der Waals surface area contributed by atoms with Crippen molar-refractivity contribution in [2.45, 2.75) is 31.4 Å². The minimum atomic E-state index is -0.696. The van der Waals surface area contributed by atoms with Gasteiger partial charge in [0.1, 0.15) is 16.9 Å². The van der Waals surface area contributed by atoms with Crippen LogP contribution in [0.5, 0.6) is 0 Å². The van der Waals surface area contributed by atoms with E-state index in [9.17, 15) is 14.0 Å². The van der Waals surface area contributed by atoms with E-state index in [0.717, 1.165) is 10.6 Å². The topological polar surface area (TPSA) is 93.5 Å². The first-order valence-corrected chi connectivity index (χ1v) is 12.0. The van der Waals surface area contributed by atoms with Crippen molar-refractivity contribution < 1.29 is 23.1 Å². The van der Waals surface area contributed by atoms with Crippen LogP contribution in [-0.2, 0) is 4.74 Å². The number of hydrogen-bond donors (Lipinski definition) is 2. The van der Waals surface area contributed by atoms with Crippen LogP contribution in [-0.4, -0.2) is 28.8 Å². The average Bonchev–Trinajstić information content (AvgIpc) is 3.23. The number of anilines is 2. The fraction of sp³-hybridized carbons (Fsp3) is 0.192. The van der Waals surface area contributed by atoms with Crippen molar-refractivity contribution in [1.29, 1.82) is 0 Å². The van der Waals surface area contributed by atoms with Crippen molar-refractivity contribution in [3.8, 4) is 11.1 Å². The van der Waals surface area contributed by atoms with Gasteiger partial charge in [-0.25, -0.2) is 14.2 Å². The number of aromatic nitrogens is 1. The molecule has 4 aromatic rings. The molecule has 0 fully saturated rings. The van der Waals surface area contributed by atoms with Gasteiger partial charge in [0.05, 0.1) is 16.4 Å². The van der Waals surface area contributed by atoms with Crippen molar-refractivity contribution in [3.63, 3.8) is 0 Å². The Morgan fingerprint density at radius 2 is 1.66 bits per heavy atom. The molecule has 0 saturated carbocycles. The second kappa shape index (κ2) is 9.79. The molecule has 2 N–H and O–H groups in total. The number of nitrogens with one attached hydrogen (secondary N) is 2. The highest BCUT2D eigenvalue weighted by atomic mass is 32.2. The number of rotatable bonds is 5. The Labute approximate surface area is 206 Å². The van der Waals surface area contributed by atoms with E-state index in [1.165, 1.54) is 23.9 Å². The third-order valence-corrected chi connectivity index (χ3v) is 5.51. The summed E-state index contributed by atoms with van der Waals surface area (Å²) in [5, 5.41) is 6.27. The zero-order valence-corrected chi connectivity index (χ0v) is 20.5. The summed E-state index contributed by atoms with van der Waals surface area (Å²) in [6, 6.07) is 16.2. The van der Waals surface area contributed by atoms with Gasteiger partial charge in [-0.1, -0.05) is 18.2 Å². The molecular weight excluding hydrogens is 469 g/mol. The molecule has 0 atom stereocenters. The molecule has 0 aliphatic heterocycles. The molecule has 2 aromatic heterocycles. The van der Waals surface area contributed by atoms with Gasteiger partial charge in [0, 0.05) is 6.07 Å². The zero-order chi connectivity index (χ0) is 25.2. The van der Waals surface area contributed by atoms with E-state index in [-0.39, 0.29) is 11.6 Å². The Hall–Kier alpha value is -3.85. The largest absolute Gasteiger partial charge is 0.449 e. The molecular formula is C26H24FN3O4S. The number of hydrogen-bond acceptors (Lipinski definition) is 6. The van der Waals surface area contributed by atoms with Crippen LogP contribution in [0.15, 0.2) is 70.1 Å². The van der Waals surface area contributed by atoms with Crippen molar-refractivity contribution in [2.24, 2.45) is 0 Å². The number of amides is 2. The number of nitrogens with zero attached hydrogens (tertiary/aromatic N) is 1. The minimum Gasteiger partial charge on any atom is -0.449 e. The molecule has 180 valence electrons. The second-order valence-electron chi connectivity index (χ2n) is 8.70. The highest BCUT2D eigenvalue weighted by molar-refractivity contribution is 7.98. The molecule has 0 bridgehead atoms. The maximum Gasteiger partial charge on any atom is 0.412 e. The lowest BCUT2D eigenvalue weighted by molar-refractivity contribution is 0.0635. The molecule has 35 heavy (non-hydrogen) atoms. The first-order chi connectivity index (χ1) is 16.6. The summed E-state index contributed by atoms with van der Waals surface area (Å²) in [6.45, 7) is 5.26. The van der Waals surface area contributed by atoms with Crippen molar-refractivity contribution in [3.05, 3.63) is 72.2 Å². The van der Waals surface area contributed by atoms with Gasteiger partial charge in [0.15, 0.2) is 11.3 Å². The lowest BCUT2D eigenvalue weighted by Crippen LogP contribution is -2.27. The van der Waals surface area contributed by atoms with Gasteiger partial charge in [0.2, 0.25) is 0 Å². The zero-order valence-electron chi connectivity index (χ0n) is 19.6. The van der Waals surface area contributed by atoms with Gasteiger partial charge in [-0.3, -0.25) is 10.1 Å². The van der Waals surface area contributed by atoms with Gasteiger partial charge in [-0.2, -0.15) is 0 Å². The molecule has 0 unspecified atom stereocenters. The number of thioether (sulfide) groups is 1. The number of pyridine rings is 1. The fourth-order valence-electron chi connectivity index (χ4n) is 3.31. The molecule has 0 radical (unpaired) electrons. The van der Waals surface area contributed by atoms with Gasteiger partial charge in [-0.05, 0) is 74.6 Å². The third kappa shape index (κ3) is 5.99. The molecule has 9 heteroatoms. The highest BCUT2D eigenvalue weighted by Crippen LogP contribution is 2.31. The number of benzene rings is 2. The number of ether oxygens (including phenoxy) is 1. The average molecular weight is 494 g/mol. The van der Waals surface area contributed by atoms with Gasteiger partial charge < -0.3 is 14.5 Å². The van der Waals surface area contributed by atoms with E-state index < -0.39 is 17.6 Å². The van der Waals surface area contributed by atoms with Crippen LogP contribution >= 0.6 is 11.8 Å². The van der Waals surface area contributed by atoms with Gasteiger partial charge >= 0.3 is 6.09 Å². The van der Waals surface area contributed by atoms with Crippen molar-refractivity contribution in [2.75, 3.05) is 16.9 Å². The summed E-state index contributed by atoms with van der Waals surface area (Å²) in [5.41, 5.74) is 2.46. The standard InChI is InChI=1S/C26H24FN3O4S/c1-26(2,3)34-25(32)30-18-10-7-16(15-5-8-17(27)9-6-15)13-19(18)29-24(31)22-14-20-21(33-22)11-12-23(28-20)35-4/h5-14H,1-4H3,(H,29,31)(H,30,32). The molecule has 0 aliphatic rings. The second-order valence-corrected chi connectivity index (χ2v) is 9.52. The quantitative estimate of drug-likeness (QED) is 0.292. The maximum absolute atomic E-state index is 13.4. The number of carbonyl (C=O) groups is 2. The van der Waals surface area contributed by atoms with E-state index in [1.807, 2.05) is 12.3 Å². The summed E-state index contributed by atoms with van der Waals surface area (Å²) in [5.74, 6) is -0.799. The predicted molar refractivity (Wildman–Crippen MR) is 135 cm³/mol. The van der Waals surface area contributed by atoms with E-state index in [1.54, 1.807) is 63.2 Å². The SMILES string of the molecule is CSc1ccc2oc(C(=O)Nc3cc(-c4ccc(F)cc4)ccc3NC(=O)OC(C)(C)C)cc2n1. The number of fused-ring (bicyclic) bond motifs is 1. The minimum absolute atomic E-state index is 0.0705. The van der Waals surface area contributed by atoms with Crippen LogP contribution in [0, 0.1) is 5.82 Å². The van der Waals surface area contributed by atoms with Crippen molar-refractivity contribution >= 4 is 46.2 Å². The maximum atomic E-state index is 13.4. The Balaban J connectivity index is 1.66. The lowest BCUT2D eigenvalue weighted by Gasteiger charge is -2.21. The van der Waals surface area contributed by atoms with Crippen LogP contribution in [0.1, 0.15) is 31.3 Å². The summed E-state index contributed by atoms with van der Waals surface area (Å²) in [4.78, 5) is 29.9. The van der Waals surface area contributed by atoms with E-state index in [4.69, 9.17) is 9.15 Å². The summed E-state index contributed by atoms with van der Waals surface area (Å²) in [6.07, 6.45) is 1.25. The van der Waals surface area contributed by atoms with E-state index in [2.05, 4.69) is 15.6 Å². The Morgan fingerprint density at radius 3 is 2.34 bits per heavy atom. The van der Waals surface area contributed by atoms with Crippen LogP contribution in [0.4, 0.5) is 20.6 Å². The molecule has 2 heterocycles. The van der Waals surface area contributed by atoms with Crippen LogP contribution in [0.25, 0.3) is 22.2 Å². The predicted octanol–water partition coefficient (Wildman–Crippen LogP) is 6.96. The summed E-state index contributed by atoms with van der Waals surface area (Å²) >= 11 is 1.49. The number of carbonyl (C=O) groups excluding carboxylic acids is 2. The smallest absolute Gasteiger partial charge is 0.412 e. The van der Waals surface area contributed by atoms with Gasteiger partial charge in [0.25, 0.3) is 5.91 Å². The van der Waals surface area contributed by atoms with Crippen LogP contribution < -0.4 is 10.6 Å². The Morgan fingerprint density at radius 1 is 0.943 bits per heavy atom. The first kappa shape index (κ1) is 24.3. The molecule has 0 aliphatic carbocycles. The van der Waals surface area contributed by atoms with Crippen LogP contribution in [0.2, 0.25) is 0 Å². The molecule has 4 rings (SSSR count). The third-order valence-electron chi connectivity index (χ3n) is 4.86. The first-order valence-electron chi connectivity index (χ1n) is 10.8. The van der Waals surface area contributed by atoms with Crippen molar-refractivity contribution in [1.82, 2.24) is 4.98 Å². The Bertz CT molecular complexity index is 1390. The van der Waals surface area contributed by atoms with Crippen LogP contribution in [0.3, 0.4) is 0 Å². The highest BCUT2D eigenvalue weighted by Gasteiger charge is 2.20. The molecule has 2 aromatic carbocycles. The molecule has 7 nitrogen and oxygen atoms in total. The number of halogens is 1. The summed E-state index contributed by atoms with van der Waals surface area (Å²) in [7, 11) is 0.